The van der Waals surface area contributed by atoms with Gasteiger partial charge in [-0.3, -0.25) is 19.3 Å². The molecule has 40 heavy (non-hydrogen) atoms. The molecule has 3 aromatic rings. The Morgan fingerprint density at radius 1 is 1.00 bits per heavy atom. The molecule has 3 N–H and O–H groups in total. The highest BCUT2D eigenvalue weighted by atomic mass is 19.4. The molecule has 1 aromatic heterocycles. The van der Waals surface area contributed by atoms with Crippen LogP contribution in [0.25, 0.3) is 0 Å². The average Bonchev–Trinajstić information content (AvgIpc) is 3.34. The molecule has 2 aromatic carbocycles. The van der Waals surface area contributed by atoms with Crippen molar-refractivity contribution in [1.29, 1.82) is 0 Å². The average molecular weight is 556 g/mol. The van der Waals surface area contributed by atoms with E-state index in [1.165, 1.54) is 38.4 Å². The van der Waals surface area contributed by atoms with Gasteiger partial charge in [-0.05, 0) is 62.8 Å². The van der Waals surface area contributed by atoms with Gasteiger partial charge in [0.15, 0.2) is 0 Å². The summed E-state index contributed by atoms with van der Waals surface area (Å²) in [5.41, 5.74) is -0.252. The number of halogens is 3. The third-order valence-corrected chi connectivity index (χ3v) is 6.35. The molecule has 0 saturated carbocycles. The first-order chi connectivity index (χ1) is 18.9. The van der Waals surface area contributed by atoms with Gasteiger partial charge in [-0.25, -0.2) is 4.98 Å². The lowest BCUT2D eigenvalue weighted by Crippen LogP contribution is -2.37. The molecule has 1 atom stereocenters. The largest absolute Gasteiger partial charge is 0.421 e. The number of nitrogens with one attached hydrogen (secondary N) is 3. The van der Waals surface area contributed by atoms with Gasteiger partial charge in [0, 0.05) is 31.7 Å². The number of Topliss-reactive ketones (excluding diaryl/α,β-unsaturated/α-hetero) is 1. The van der Waals surface area contributed by atoms with Crippen LogP contribution in [0.2, 0.25) is 0 Å². The van der Waals surface area contributed by atoms with Crippen LogP contribution in [-0.2, 0) is 15.8 Å². The Balaban J connectivity index is 1.55. The van der Waals surface area contributed by atoms with Gasteiger partial charge < -0.3 is 20.9 Å². The molecule has 1 fully saturated rings. The van der Waals surface area contributed by atoms with Crippen molar-refractivity contribution in [1.82, 2.24) is 19.8 Å². The highest BCUT2D eigenvalue weighted by Crippen LogP contribution is 2.36. The molecular weight excluding hydrogens is 527 g/mol. The number of rotatable bonds is 8. The molecule has 210 valence electrons. The fourth-order valence-corrected chi connectivity index (χ4v) is 4.21. The van der Waals surface area contributed by atoms with Crippen molar-refractivity contribution >= 4 is 46.4 Å². The molecule has 2 amide bonds. The summed E-state index contributed by atoms with van der Waals surface area (Å²) in [7, 11) is 4.70. The van der Waals surface area contributed by atoms with Crippen LogP contribution < -0.4 is 16.0 Å². The van der Waals surface area contributed by atoms with Crippen molar-refractivity contribution in [2.75, 3.05) is 43.6 Å². The van der Waals surface area contributed by atoms with Crippen molar-refractivity contribution in [2.45, 2.75) is 25.1 Å². The number of hydrogen-bond donors (Lipinski definition) is 3. The molecule has 13 heteroatoms. The van der Waals surface area contributed by atoms with Crippen LogP contribution in [0, 0.1) is 0 Å². The molecule has 0 spiro atoms. The first kappa shape index (κ1) is 28.5. The first-order valence-corrected chi connectivity index (χ1v) is 12.4. The van der Waals surface area contributed by atoms with Crippen LogP contribution in [-0.4, -0.2) is 71.1 Å². The number of carbonyl (C=O) groups excluding carboxylic acids is 3. The van der Waals surface area contributed by atoms with E-state index in [-0.39, 0.29) is 29.1 Å². The molecule has 1 aliphatic rings. The molecule has 2 heterocycles. The maximum atomic E-state index is 13.8. The van der Waals surface area contributed by atoms with E-state index in [0.717, 1.165) is 24.3 Å². The molecule has 0 bridgehead atoms. The third kappa shape index (κ3) is 6.54. The normalized spacial score (nSPS) is 15.4. The second-order valence-electron chi connectivity index (χ2n) is 9.48. The summed E-state index contributed by atoms with van der Waals surface area (Å²) in [4.78, 5) is 48.2. The highest BCUT2D eigenvalue weighted by molar-refractivity contribution is 6.43. The predicted octanol–water partition coefficient (Wildman–Crippen LogP) is 4.29. The van der Waals surface area contributed by atoms with Crippen molar-refractivity contribution in [3.05, 3.63) is 65.9 Å². The van der Waals surface area contributed by atoms with Gasteiger partial charge in [-0.15, -0.1) is 0 Å². The Hall–Kier alpha value is -4.52. The number of aromatic nitrogens is 2. The number of likely N-dealkylation sites (tertiary alicyclic amines) is 1. The van der Waals surface area contributed by atoms with Crippen molar-refractivity contribution in [2.24, 2.45) is 0 Å². The lowest BCUT2D eigenvalue weighted by molar-refractivity contribution is -0.137. The molecule has 0 aliphatic carbocycles. The minimum absolute atomic E-state index is 0.0224. The van der Waals surface area contributed by atoms with Gasteiger partial charge in [0.2, 0.25) is 11.9 Å². The van der Waals surface area contributed by atoms with Crippen molar-refractivity contribution in [3.63, 3.8) is 0 Å². The Bertz CT molecular complexity index is 1410. The fraction of sp³-hybridized carbons (Fsp3) is 0.296. The van der Waals surface area contributed by atoms with E-state index in [1.807, 2.05) is 11.9 Å². The Morgan fingerprint density at radius 2 is 1.68 bits per heavy atom. The summed E-state index contributed by atoms with van der Waals surface area (Å²) >= 11 is 0. The monoisotopic (exact) mass is 555 g/mol. The number of anilines is 5. The number of ketones is 1. The molecule has 4 rings (SSSR count). The van der Waals surface area contributed by atoms with E-state index >= 15 is 0 Å². The lowest BCUT2D eigenvalue weighted by Gasteiger charge is -2.19. The zero-order chi connectivity index (χ0) is 29.0. The molecule has 1 saturated heterocycles. The minimum atomic E-state index is -4.80. The van der Waals surface area contributed by atoms with Crippen molar-refractivity contribution in [3.8, 4) is 0 Å². The van der Waals surface area contributed by atoms with Gasteiger partial charge in [0.05, 0.1) is 17.3 Å². The number of para-hydroxylation sites is 1. The Labute approximate surface area is 228 Å². The van der Waals surface area contributed by atoms with Crippen LogP contribution in [0.1, 0.15) is 28.8 Å². The number of nitrogens with zero attached hydrogens (tertiary/aromatic N) is 4. The van der Waals surface area contributed by atoms with Gasteiger partial charge in [-0.2, -0.15) is 18.2 Å². The van der Waals surface area contributed by atoms with Gasteiger partial charge >= 0.3 is 6.18 Å². The molecule has 0 radical (unpaired) electrons. The Morgan fingerprint density at radius 3 is 2.30 bits per heavy atom. The summed E-state index contributed by atoms with van der Waals surface area (Å²) in [6.07, 6.45) is -2.43. The van der Waals surface area contributed by atoms with Gasteiger partial charge in [0.1, 0.15) is 11.4 Å². The van der Waals surface area contributed by atoms with Gasteiger partial charge in [-0.1, -0.05) is 12.1 Å². The van der Waals surface area contributed by atoms with Crippen LogP contribution in [0.5, 0.6) is 0 Å². The van der Waals surface area contributed by atoms with E-state index in [1.54, 1.807) is 24.3 Å². The zero-order valence-corrected chi connectivity index (χ0v) is 22.0. The summed E-state index contributed by atoms with van der Waals surface area (Å²) in [5.74, 6) is -2.57. The molecular formula is C27H28F3N7O3. The molecule has 10 nitrogen and oxygen atoms in total. The summed E-state index contributed by atoms with van der Waals surface area (Å²) < 4.78 is 41.3. The Kier molecular flexibility index (Phi) is 8.33. The van der Waals surface area contributed by atoms with E-state index < -0.39 is 29.2 Å². The number of benzene rings is 2. The maximum Gasteiger partial charge on any atom is 0.421 e. The molecule has 1 aliphatic heterocycles. The first-order valence-electron chi connectivity index (χ1n) is 12.4. The number of carbonyl (C=O) groups is 3. The predicted molar refractivity (Wildman–Crippen MR) is 144 cm³/mol. The third-order valence-electron chi connectivity index (χ3n) is 6.35. The lowest BCUT2D eigenvalue weighted by atomic mass is 10.1. The number of hydrogen-bond acceptors (Lipinski definition) is 8. The second kappa shape index (κ2) is 11.7. The molecule has 0 unspecified atom stereocenters. The van der Waals surface area contributed by atoms with E-state index in [2.05, 4.69) is 25.9 Å². The van der Waals surface area contributed by atoms with Crippen LogP contribution >= 0.6 is 0 Å². The van der Waals surface area contributed by atoms with Crippen LogP contribution in [0.3, 0.4) is 0 Å². The maximum absolute atomic E-state index is 13.8. The summed E-state index contributed by atoms with van der Waals surface area (Å²) in [6.45, 7) is 0.862. The highest BCUT2D eigenvalue weighted by Gasteiger charge is 2.36. The number of amides is 2. The van der Waals surface area contributed by atoms with Crippen LogP contribution in [0.15, 0.2) is 54.7 Å². The summed E-state index contributed by atoms with van der Waals surface area (Å²) in [5, 5.41) is 8.27. The van der Waals surface area contributed by atoms with E-state index in [9.17, 15) is 27.6 Å². The smallest absolute Gasteiger partial charge is 0.342 e. The summed E-state index contributed by atoms with van der Waals surface area (Å²) in [6, 6.07) is 12.1. The fourth-order valence-electron chi connectivity index (χ4n) is 4.21. The SMILES string of the molecule is CN(C)C(=O)C(=O)c1ccccc1Nc1nc(Nc2ccc(NC(=O)[C@@H]3CCCN3C)cc2)ncc1C(F)(F)F. The minimum Gasteiger partial charge on any atom is -0.342 e. The zero-order valence-electron chi connectivity index (χ0n) is 22.0. The van der Waals surface area contributed by atoms with E-state index in [0.29, 0.717) is 17.6 Å². The van der Waals surface area contributed by atoms with Crippen LogP contribution in [0.4, 0.5) is 42.0 Å². The topological polar surface area (TPSA) is 120 Å². The number of alkyl halides is 3. The second-order valence-corrected chi connectivity index (χ2v) is 9.48. The quantitative estimate of drug-likeness (QED) is 0.278. The van der Waals surface area contributed by atoms with Gasteiger partial charge in [0.25, 0.3) is 11.7 Å². The number of likely N-dealkylation sites (N-methyl/N-ethyl adjacent to an activating group) is 2. The van der Waals surface area contributed by atoms with E-state index in [4.69, 9.17) is 0 Å². The van der Waals surface area contributed by atoms with Crippen molar-refractivity contribution < 1.29 is 27.6 Å². The standard InChI is InChI=1S/C27H28F3N7O3/c1-36(2)25(40)22(38)18-7-4-5-8-20(18)34-23-19(27(28,29)30)15-31-26(35-23)33-17-12-10-16(11-13-17)32-24(39)21-9-6-14-37(21)3/h4-5,7-8,10-13,15,21H,6,9,14H2,1-3H3,(H,32,39)(H2,31,33,34,35)/t21-/m0/s1.